The topological polar surface area (TPSA) is 63.8 Å². The minimum atomic E-state index is 0.237. The fraction of sp³-hybridized carbons (Fsp3) is 0.0588. The number of halogens is 2. The Morgan fingerprint density at radius 2 is 1.61 bits per heavy atom. The Kier molecular flexibility index (Phi) is 4.63. The van der Waals surface area contributed by atoms with Crippen LogP contribution in [0.2, 0.25) is 0 Å². The SMILES string of the molecule is Cc1ccc(Br)cc1-c1cc(Nc2ccc(Br)cc2)nc(N)n1. The second kappa shape index (κ2) is 6.68. The van der Waals surface area contributed by atoms with Crippen LogP contribution in [0.15, 0.2) is 57.5 Å². The van der Waals surface area contributed by atoms with Gasteiger partial charge in [0.2, 0.25) is 5.95 Å². The van der Waals surface area contributed by atoms with Crippen LogP contribution in [-0.2, 0) is 0 Å². The highest BCUT2D eigenvalue weighted by atomic mass is 79.9. The minimum absolute atomic E-state index is 0.237. The van der Waals surface area contributed by atoms with Crippen molar-refractivity contribution in [2.24, 2.45) is 0 Å². The second-order valence-electron chi connectivity index (χ2n) is 5.09. The second-order valence-corrected chi connectivity index (χ2v) is 6.92. The molecule has 0 aliphatic heterocycles. The molecule has 0 saturated heterocycles. The van der Waals surface area contributed by atoms with Gasteiger partial charge >= 0.3 is 0 Å². The molecule has 0 radical (unpaired) electrons. The lowest BCUT2D eigenvalue weighted by molar-refractivity contribution is 1.18. The Morgan fingerprint density at radius 3 is 2.35 bits per heavy atom. The third-order valence-corrected chi connectivity index (χ3v) is 4.36. The van der Waals surface area contributed by atoms with Gasteiger partial charge in [0.1, 0.15) is 5.82 Å². The van der Waals surface area contributed by atoms with Gasteiger partial charge in [0, 0.05) is 26.3 Å². The van der Waals surface area contributed by atoms with Crippen LogP contribution in [0, 0.1) is 6.92 Å². The number of aromatic nitrogens is 2. The van der Waals surface area contributed by atoms with E-state index >= 15 is 0 Å². The highest BCUT2D eigenvalue weighted by Gasteiger charge is 2.08. The zero-order valence-electron chi connectivity index (χ0n) is 12.3. The number of nitrogens with two attached hydrogens (primary N) is 1. The van der Waals surface area contributed by atoms with Crippen molar-refractivity contribution in [1.82, 2.24) is 9.97 Å². The highest BCUT2D eigenvalue weighted by molar-refractivity contribution is 9.10. The lowest BCUT2D eigenvalue weighted by Crippen LogP contribution is -2.02. The van der Waals surface area contributed by atoms with Crippen LogP contribution in [0.5, 0.6) is 0 Å². The van der Waals surface area contributed by atoms with Crippen LogP contribution in [0.1, 0.15) is 5.56 Å². The summed E-state index contributed by atoms with van der Waals surface area (Å²) in [6, 6.07) is 15.8. The molecule has 23 heavy (non-hydrogen) atoms. The molecule has 3 aromatic rings. The van der Waals surface area contributed by atoms with E-state index in [1.807, 2.05) is 55.5 Å². The molecule has 4 nitrogen and oxygen atoms in total. The number of benzene rings is 2. The van der Waals surface area contributed by atoms with Crippen molar-refractivity contribution in [3.63, 3.8) is 0 Å². The van der Waals surface area contributed by atoms with Crippen molar-refractivity contribution in [3.05, 3.63) is 63.0 Å². The van der Waals surface area contributed by atoms with E-state index < -0.39 is 0 Å². The number of aryl methyl sites for hydroxylation is 1. The van der Waals surface area contributed by atoms with Gasteiger partial charge < -0.3 is 11.1 Å². The summed E-state index contributed by atoms with van der Waals surface area (Å²) in [5.41, 5.74) is 9.75. The quantitative estimate of drug-likeness (QED) is 0.587. The number of nitrogens with zero attached hydrogens (tertiary/aromatic N) is 2. The van der Waals surface area contributed by atoms with Crippen LogP contribution >= 0.6 is 31.9 Å². The summed E-state index contributed by atoms with van der Waals surface area (Å²) in [6.45, 7) is 2.04. The van der Waals surface area contributed by atoms with Gasteiger partial charge in [-0.05, 0) is 48.9 Å². The fourth-order valence-electron chi connectivity index (χ4n) is 2.22. The lowest BCUT2D eigenvalue weighted by Gasteiger charge is -2.10. The molecule has 3 rings (SSSR count). The largest absolute Gasteiger partial charge is 0.368 e. The van der Waals surface area contributed by atoms with Crippen LogP contribution < -0.4 is 11.1 Å². The predicted octanol–water partition coefficient (Wildman–Crippen LogP) is 5.30. The summed E-state index contributed by atoms with van der Waals surface area (Å²) in [7, 11) is 0. The molecule has 0 bridgehead atoms. The van der Waals surface area contributed by atoms with E-state index in [2.05, 4.69) is 47.1 Å². The zero-order valence-corrected chi connectivity index (χ0v) is 15.5. The summed E-state index contributed by atoms with van der Waals surface area (Å²) in [4.78, 5) is 8.62. The molecule has 0 unspecified atom stereocenters. The molecule has 0 aliphatic rings. The van der Waals surface area contributed by atoms with E-state index in [1.165, 1.54) is 0 Å². The molecule has 1 heterocycles. The van der Waals surface area contributed by atoms with Crippen LogP contribution in [-0.4, -0.2) is 9.97 Å². The molecule has 0 aliphatic carbocycles. The lowest BCUT2D eigenvalue weighted by atomic mass is 10.1. The van der Waals surface area contributed by atoms with Gasteiger partial charge in [-0.2, -0.15) is 4.98 Å². The number of nitrogens with one attached hydrogen (secondary N) is 1. The van der Waals surface area contributed by atoms with Crippen LogP contribution in [0.3, 0.4) is 0 Å². The number of rotatable bonds is 3. The van der Waals surface area contributed by atoms with Gasteiger partial charge in [-0.3, -0.25) is 0 Å². The Hall–Kier alpha value is -1.92. The third kappa shape index (κ3) is 3.89. The van der Waals surface area contributed by atoms with Gasteiger partial charge in [0.15, 0.2) is 0 Å². The van der Waals surface area contributed by atoms with Crippen molar-refractivity contribution in [2.45, 2.75) is 6.92 Å². The maximum atomic E-state index is 5.88. The molecule has 2 aromatic carbocycles. The maximum absolute atomic E-state index is 5.88. The summed E-state index contributed by atoms with van der Waals surface area (Å²) in [5.74, 6) is 0.899. The first-order valence-corrected chi connectivity index (χ1v) is 8.53. The molecular formula is C17H14Br2N4. The van der Waals surface area contributed by atoms with Crippen molar-refractivity contribution in [2.75, 3.05) is 11.1 Å². The van der Waals surface area contributed by atoms with E-state index in [9.17, 15) is 0 Å². The van der Waals surface area contributed by atoms with Crippen molar-refractivity contribution in [1.29, 1.82) is 0 Å². The summed E-state index contributed by atoms with van der Waals surface area (Å²) in [6.07, 6.45) is 0. The Bertz CT molecular complexity index is 848. The van der Waals surface area contributed by atoms with Crippen molar-refractivity contribution in [3.8, 4) is 11.3 Å². The molecule has 0 saturated carbocycles. The fourth-order valence-corrected chi connectivity index (χ4v) is 2.84. The number of hydrogen-bond donors (Lipinski definition) is 2. The standard InChI is InChI=1S/C17H14Br2N4/c1-10-2-3-12(19)8-14(10)15-9-16(23-17(20)22-15)21-13-6-4-11(18)5-7-13/h2-9H,1H3,(H3,20,21,22,23). The first-order chi connectivity index (χ1) is 11.0. The molecular weight excluding hydrogens is 420 g/mol. The highest BCUT2D eigenvalue weighted by Crippen LogP contribution is 2.28. The molecule has 116 valence electrons. The monoisotopic (exact) mass is 432 g/mol. The first-order valence-electron chi connectivity index (χ1n) is 6.95. The van der Waals surface area contributed by atoms with E-state index in [0.29, 0.717) is 5.82 Å². The summed E-state index contributed by atoms with van der Waals surface area (Å²) in [5, 5.41) is 3.25. The molecule has 3 N–H and O–H groups in total. The average molecular weight is 434 g/mol. The normalized spacial score (nSPS) is 10.6. The molecule has 0 fully saturated rings. The number of hydrogen-bond acceptors (Lipinski definition) is 4. The molecule has 6 heteroatoms. The van der Waals surface area contributed by atoms with E-state index in [4.69, 9.17) is 5.73 Å². The summed E-state index contributed by atoms with van der Waals surface area (Å²) < 4.78 is 2.02. The van der Waals surface area contributed by atoms with Gasteiger partial charge in [0.25, 0.3) is 0 Å². The summed E-state index contributed by atoms with van der Waals surface area (Å²) >= 11 is 6.92. The van der Waals surface area contributed by atoms with E-state index in [1.54, 1.807) is 0 Å². The minimum Gasteiger partial charge on any atom is -0.368 e. The van der Waals surface area contributed by atoms with E-state index in [0.717, 1.165) is 31.5 Å². The smallest absolute Gasteiger partial charge is 0.222 e. The Balaban J connectivity index is 1.99. The number of nitrogen functional groups attached to an aromatic ring is 1. The first kappa shape index (κ1) is 16.0. The van der Waals surface area contributed by atoms with Gasteiger partial charge in [0.05, 0.1) is 5.69 Å². The van der Waals surface area contributed by atoms with Gasteiger partial charge in [-0.25, -0.2) is 4.98 Å². The molecule has 0 amide bonds. The molecule has 0 atom stereocenters. The predicted molar refractivity (Wildman–Crippen MR) is 102 cm³/mol. The average Bonchev–Trinajstić information content (AvgIpc) is 2.51. The van der Waals surface area contributed by atoms with E-state index in [-0.39, 0.29) is 5.95 Å². The Morgan fingerprint density at radius 1 is 0.913 bits per heavy atom. The van der Waals surface area contributed by atoms with Crippen molar-refractivity contribution >= 4 is 49.3 Å². The molecule has 1 aromatic heterocycles. The third-order valence-electron chi connectivity index (χ3n) is 3.34. The van der Waals surface area contributed by atoms with Gasteiger partial charge in [-0.15, -0.1) is 0 Å². The van der Waals surface area contributed by atoms with Crippen LogP contribution in [0.25, 0.3) is 11.3 Å². The van der Waals surface area contributed by atoms with Crippen LogP contribution in [0.4, 0.5) is 17.5 Å². The Labute approximate surface area is 151 Å². The number of anilines is 3. The van der Waals surface area contributed by atoms with Crippen molar-refractivity contribution < 1.29 is 0 Å². The molecule has 0 spiro atoms. The zero-order chi connectivity index (χ0) is 16.4. The van der Waals surface area contributed by atoms with Gasteiger partial charge in [-0.1, -0.05) is 37.9 Å². The maximum Gasteiger partial charge on any atom is 0.222 e.